The van der Waals surface area contributed by atoms with Crippen LogP contribution >= 0.6 is 11.6 Å². The fourth-order valence-electron chi connectivity index (χ4n) is 3.92. The second kappa shape index (κ2) is 10.8. The molecule has 0 bridgehead atoms. The van der Waals surface area contributed by atoms with Gasteiger partial charge in [-0.05, 0) is 26.7 Å². The van der Waals surface area contributed by atoms with E-state index < -0.39 is 5.60 Å². The van der Waals surface area contributed by atoms with Gasteiger partial charge in [-0.2, -0.15) is 0 Å². The molecule has 0 aliphatic carbocycles. The standard InChI is InChI=1S/C17H25ClN4O3.C6H6/c1-17(2,24)8-14-5-7-22(16(23)25-14)13-4-3-6-21(11-13)15-19-9-12(18)10-20-15;1-2-4-6-5-3-1/h9-10,13-14,24H,3-8,11H2,1-2H3;1-6H. The van der Waals surface area contributed by atoms with Crippen LogP contribution in [-0.4, -0.2) is 63.4 Å². The maximum atomic E-state index is 12.4. The van der Waals surface area contributed by atoms with Crippen molar-refractivity contribution in [3.8, 4) is 0 Å². The Morgan fingerprint density at radius 1 is 1.10 bits per heavy atom. The summed E-state index contributed by atoms with van der Waals surface area (Å²) in [6.45, 7) is 5.67. The van der Waals surface area contributed by atoms with Crippen LogP contribution in [0.4, 0.5) is 10.7 Å². The Morgan fingerprint density at radius 2 is 1.71 bits per heavy atom. The van der Waals surface area contributed by atoms with Gasteiger partial charge in [-0.1, -0.05) is 48.0 Å². The summed E-state index contributed by atoms with van der Waals surface area (Å²) >= 11 is 5.85. The highest BCUT2D eigenvalue weighted by molar-refractivity contribution is 6.30. The minimum absolute atomic E-state index is 0.0867. The summed E-state index contributed by atoms with van der Waals surface area (Å²) in [6.07, 6.45) is 5.77. The molecule has 168 valence electrons. The molecule has 0 spiro atoms. The Bertz CT molecular complexity index is 787. The van der Waals surface area contributed by atoms with Crippen molar-refractivity contribution in [2.75, 3.05) is 24.5 Å². The van der Waals surface area contributed by atoms with Gasteiger partial charge in [0.25, 0.3) is 0 Å². The quantitative estimate of drug-likeness (QED) is 0.759. The fourth-order valence-corrected chi connectivity index (χ4v) is 4.02. The van der Waals surface area contributed by atoms with Gasteiger partial charge >= 0.3 is 6.09 Å². The molecule has 2 fully saturated rings. The number of hydrogen-bond acceptors (Lipinski definition) is 6. The molecule has 2 aromatic rings. The lowest BCUT2D eigenvalue weighted by molar-refractivity contribution is -0.0327. The van der Waals surface area contributed by atoms with Crippen molar-refractivity contribution in [3.05, 3.63) is 53.8 Å². The molecule has 7 nitrogen and oxygen atoms in total. The van der Waals surface area contributed by atoms with Crippen LogP contribution in [0, 0.1) is 0 Å². The van der Waals surface area contributed by atoms with Crippen molar-refractivity contribution >= 4 is 23.6 Å². The molecule has 2 aliphatic heterocycles. The van der Waals surface area contributed by atoms with E-state index in [0.717, 1.165) is 25.8 Å². The number of ether oxygens (including phenoxy) is 1. The first kappa shape index (κ1) is 23.3. The van der Waals surface area contributed by atoms with Gasteiger partial charge in [-0.15, -0.1) is 0 Å². The summed E-state index contributed by atoms with van der Waals surface area (Å²) in [7, 11) is 0. The average Bonchev–Trinajstić information content (AvgIpc) is 2.75. The fraction of sp³-hybridized carbons (Fsp3) is 0.522. The number of carbonyl (C=O) groups is 1. The normalized spacial score (nSPS) is 21.7. The zero-order valence-electron chi connectivity index (χ0n) is 18.2. The number of piperidine rings is 1. The third-order valence-corrected chi connectivity index (χ3v) is 5.51. The van der Waals surface area contributed by atoms with E-state index in [1.807, 2.05) is 41.3 Å². The van der Waals surface area contributed by atoms with Crippen LogP contribution in [0.15, 0.2) is 48.8 Å². The van der Waals surface area contributed by atoms with E-state index >= 15 is 0 Å². The number of aromatic nitrogens is 2. The Kier molecular flexibility index (Phi) is 8.09. The second-order valence-corrected chi connectivity index (χ2v) is 9.04. The summed E-state index contributed by atoms with van der Waals surface area (Å²) in [5, 5.41) is 10.4. The number of benzene rings is 1. The molecule has 8 heteroatoms. The van der Waals surface area contributed by atoms with Crippen LogP contribution in [0.3, 0.4) is 0 Å². The number of nitrogens with zero attached hydrogens (tertiary/aromatic N) is 4. The van der Waals surface area contributed by atoms with Gasteiger partial charge in [0, 0.05) is 32.5 Å². The van der Waals surface area contributed by atoms with E-state index in [0.29, 0.717) is 30.5 Å². The number of aliphatic hydroxyl groups is 1. The highest BCUT2D eigenvalue weighted by Gasteiger charge is 2.36. The molecule has 2 saturated heterocycles. The largest absolute Gasteiger partial charge is 0.446 e. The first-order chi connectivity index (χ1) is 14.8. The number of carbonyl (C=O) groups excluding carboxylic acids is 1. The van der Waals surface area contributed by atoms with Crippen LogP contribution in [0.25, 0.3) is 0 Å². The van der Waals surface area contributed by atoms with Crippen LogP contribution in [-0.2, 0) is 4.74 Å². The number of halogens is 1. The molecule has 2 aliphatic rings. The van der Waals surface area contributed by atoms with E-state index in [1.165, 1.54) is 0 Å². The van der Waals surface area contributed by atoms with Crippen LogP contribution in [0.5, 0.6) is 0 Å². The van der Waals surface area contributed by atoms with Crippen molar-refractivity contribution in [2.24, 2.45) is 0 Å². The predicted molar refractivity (Wildman–Crippen MR) is 121 cm³/mol. The summed E-state index contributed by atoms with van der Waals surface area (Å²) in [5.74, 6) is 0.638. The zero-order valence-corrected chi connectivity index (χ0v) is 18.9. The third kappa shape index (κ3) is 7.36. The molecule has 1 amide bonds. The van der Waals surface area contributed by atoms with E-state index in [9.17, 15) is 9.90 Å². The molecule has 1 aromatic carbocycles. The highest BCUT2D eigenvalue weighted by atomic mass is 35.5. The smallest absolute Gasteiger partial charge is 0.410 e. The lowest BCUT2D eigenvalue weighted by Crippen LogP contribution is -2.54. The Labute approximate surface area is 189 Å². The van der Waals surface area contributed by atoms with Crippen molar-refractivity contribution in [2.45, 2.75) is 57.3 Å². The monoisotopic (exact) mass is 446 g/mol. The molecule has 1 aromatic heterocycles. The highest BCUT2D eigenvalue weighted by Crippen LogP contribution is 2.26. The lowest BCUT2D eigenvalue weighted by atomic mass is 9.97. The number of rotatable bonds is 4. The van der Waals surface area contributed by atoms with Gasteiger partial charge in [-0.3, -0.25) is 0 Å². The lowest BCUT2D eigenvalue weighted by Gasteiger charge is -2.42. The number of amides is 1. The Balaban J connectivity index is 0.000000391. The van der Waals surface area contributed by atoms with E-state index in [4.69, 9.17) is 16.3 Å². The Hall–Kier alpha value is -2.38. The van der Waals surface area contributed by atoms with E-state index in [2.05, 4.69) is 14.9 Å². The van der Waals surface area contributed by atoms with Crippen LogP contribution in [0.2, 0.25) is 5.02 Å². The van der Waals surface area contributed by atoms with Crippen LogP contribution in [0.1, 0.15) is 39.5 Å². The van der Waals surface area contributed by atoms with E-state index in [-0.39, 0.29) is 18.2 Å². The number of cyclic esters (lactones) is 1. The predicted octanol–water partition coefficient (Wildman–Crippen LogP) is 4.16. The minimum Gasteiger partial charge on any atom is -0.446 e. The van der Waals surface area contributed by atoms with Gasteiger partial charge in [-0.25, -0.2) is 14.8 Å². The SMILES string of the molecule is CC(C)(O)CC1CCN(C2CCCN(c3ncc(Cl)cn3)C2)C(=O)O1.c1ccccc1. The zero-order chi connectivity index (χ0) is 22.3. The average molecular weight is 447 g/mol. The van der Waals surface area contributed by atoms with Crippen molar-refractivity contribution in [1.29, 1.82) is 0 Å². The van der Waals surface area contributed by atoms with Gasteiger partial charge in [0.05, 0.1) is 29.1 Å². The molecular formula is C23H31ClN4O3. The minimum atomic E-state index is -0.833. The molecule has 2 atom stereocenters. The molecule has 1 N–H and O–H groups in total. The number of hydrogen-bond donors (Lipinski definition) is 1. The summed E-state index contributed by atoms with van der Waals surface area (Å²) < 4.78 is 5.54. The molecular weight excluding hydrogens is 416 g/mol. The topological polar surface area (TPSA) is 78.8 Å². The molecule has 2 unspecified atom stereocenters. The first-order valence-electron chi connectivity index (χ1n) is 10.7. The second-order valence-electron chi connectivity index (χ2n) is 8.60. The molecule has 0 radical (unpaired) electrons. The van der Waals surface area contributed by atoms with Crippen molar-refractivity contribution in [1.82, 2.24) is 14.9 Å². The maximum absolute atomic E-state index is 12.4. The first-order valence-corrected chi connectivity index (χ1v) is 11.1. The van der Waals surface area contributed by atoms with Gasteiger partial charge < -0.3 is 19.6 Å². The molecule has 3 heterocycles. The number of anilines is 1. The summed E-state index contributed by atoms with van der Waals surface area (Å²) in [5.41, 5.74) is -0.833. The van der Waals surface area contributed by atoms with Gasteiger partial charge in [0.1, 0.15) is 6.10 Å². The Morgan fingerprint density at radius 3 is 2.26 bits per heavy atom. The molecule has 4 rings (SSSR count). The van der Waals surface area contributed by atoms with Crippen molar-refractivity contribution in [3.63, 3.8) is 0 Å². The maximum Gasteiger partial charge on any atom is 0.410 e. The molecule has 0 saturated carbocycles. The van der Waals surface area contributed by atoms with Gasteiger partial charge in [0.2, 0.25) is 5.95 Å². The summed E-state index contributed by atoms with van der Waals surface area (Å²) in [4.78, 5) is 24.9. The third-order valence-electron chi connectivity index (χ3n) is 5.31. The van der Waals surface area contributed by atoms with Gasteiger partial charge in [0.15, 0.2) is 0 Å². The van der Waals surface area contributed by atoms with Crippen molar-refractivity contribution < 1.29 is 14.6 Å². The molecule has 31 heavy (non-hydrogen) atoms. The van der Waals surface area contributed by atoms with E-state index in [1.54, 1.807) is 26.2 Å². The summed E-state index contributed by atoms with van der Waals surface area (Å²) in [6, 6.07) is 12.1. The van der Waals surface area contributed by atoms with Crippen LogP contribution < -0.4 is 4.90 Å².